The van der Waals surface area contributed by atoms with Crippen molar-refractivity contribution in [1.29, 1.82) is 0 Å². The topological polar surface area (TPSA) is 75.6 Å². The number of sulfonamides is 1. The van der Waals surface area contributed by atoms with Gasteiger partial charge in [0.05, 0.1) is 4.90 Å². The fourth-order valence-electron chi connectivity index (χ4n) is 2.38. The highest BCUT2D eigenvalue weighted by atomic mass is 35.5. The molecule has 1 aliphatic rings. The minimum absolute atomic E-state index is 0.00978. The standard InChI is InChI=1S/C17H13ClN2O3S/c18-14-9-7-13(8-10-14)17(11-4-12-19-17)16(21)20-24(22,23)15-5-2-1-3-6-15/h1-12H,(H,20,21). The monoisotopic (exact) mass is 360 g/mol. The van der Waals surface area contributed by atoms with Gasteiger partial charge in [-0.2, -0.15) is 0 Å². The molecule has 0 saturated heterocycles. The lowest BCUT2D eigenvalue weighted by molar-refractivity contribution is -0.123. The Morgan fingerprint density at radius 1 is 1.04 bits per heavy atom. The molecule has 1 heterocycles. The first-order valence-corrected chi connectivity index (χ1v) is 8.92. The minimum atomic E-state index is -3.98. The van der Waals surface area contributed by atoms with Crippen molar-refractivity contribution >= 4 is 33.7 Å². The Morgan fingerprint density at radius 2 is 1.71 bits per heavy atom. The molecule has 0 saturated carbocycles. The Labute approximate surface area is 144 Å². The van der Waals surface area contributed by atoms with E-state index < -0.39 is 21.5 Å². The Balaban J connectivity index is 1.96. The number of allylic oxidation sites excluding steroid dienone is 1. The van der Waals surface area contributed by atoms with Gasteiger partial charge in [0, 0.05) is 11.2 Å². The van der Waals surface area contributed by atoms with Crippen LogP contribution < -0.4 is 4.72 Å². The van der Waals surface area contributed by atoms with Crippen LogP contribution in [0.5, 0.6) is 0 Å². The maximum atomic E-state index is 12.8. The number of aliphatic imine (C=N–C) groups is 1. The van der Waals surface area contributed by atoms with Crippen LogP contribution in [0.2, 0.25) is 5.02 Å². The number of rotatable bonds is 4. The summed E-state index contributed by atoms with van der Waals surface area (Å²) in [5.41, 5.74) is -0.899. The molecule has 1 unspecified atom stereocenters. The van der Waals surface area contributed by atoms with Crippen molar-refractivity contribution in [1.82, 2.24) is 4.72 Å². The largest absolute Gasteiger partial charge is 0.270 e. The van der Waals surface area contributed by atoms with Crippen LogP contribution >= 0.6 is 11.6 Å². The van der Waals surface area contributed by atoms with E-state index in [9.17, 15) is 13.2 Å². The average molecular weight is 361 g/mol. The summed E-state index contributed by atoms with van der Waals surface area (Å²) < 4.78 is 26.9. The van der Waals surface area contributed by atoms with Crippen LogP contribution in [-0.2, 0) is 20.4 Å². The summed E-state index contributed by atoms with van der Waals surface area (Å²) in [6.45, 7) is 0. The molecular weight excluding hydrogens is 348 g/mol. The number of nitrogens with one attached hydrogen (secondary N) is 1. The van der Waals surface area contributed by atoms with Gasteiger partial charge in [-0.15, -0.1) is 0 Å². The van der Waals surface area contributed by atoms with E-state index in [2.05, 4.69) is 9.71 Å². The van der Waals surface area contributed by atoms with Gasteiger partial charge < -0.3 is 0 Å². The molecule has 0 fully saturated rings. The molecule has 1 amide bonds. The first-order valence-electron chi connectivity index (χ1n) is 7.05. The molecule has 122 valence electrons. The summed E-state index contributed by atoms with van der Waals surface area (Å²) in [7, 11) is -3.98. The molecule has 24 heavy (non-hydrogen) atoms. The molecule has 2 aromatic rings. The molecule has 1 atom stereocenters. The fourth-order valence-corrected chi connectivity index (χ4v) is 3.54. The van der Waals surface area contributed by atoms with Crippen LogP contribution in [0.15, 0.2) is 76.6 Å². The van der Waals surface area contributed by atoms with Crippen molar-refractivity contribution in [3.05, 3.63) is 77.3 Å². The van der Waals surface area contributed by atoms with Crippen LogP contribution in [0.25, 0.3) is 0 Å². The van der Waals surface area contributed by atoms with Gasteiger partial charge in [0.1, 0.15) is 0 Å². The van der Waals surface area contributed by atoms with Gasteiger partial charge in [-0.05, 0) is 42.0 Å². The third kappa shape index (κ3) is 2.98. The van der Waals surface area contributed by atoms with E-state index in [0.717, 1.165) is 0 Å². The Hall–Kier alpha value is -2.44. The SMILES string of the molecule is O=C(NS(=O)(=O)c1ccccc1)C1(c2ccc(Cl)cc2)C=CC=N1. The molecule has 1 aliphatic heterocycles. The lowest BCUT2D eigenvalue weighted by Crippen LogP contribution is -2.43. The van der Waals surface area contributed by atoms with Crippen molar-refractivity contribution in [2.45, 2.75) is 10.4 Å². The summed E-state index contributed by atoms with van der Waals surface area (Å²) in [6, 6.07) is 14.2. The maximum absolute atomic E-state index is 12.8. The molecule has 0 aromatic heterocycles. The highest BCUT2D eigenvalue weighted by Crippen LogP contribution is 2.32. The van der Waals surface area contributed by atoms with Crippen molar-refractivity contribution in [2.24, 2.45) is 4.99 Å². The van der Waals surface area contributed by atoms with Crippen LogP contribution in [0.1, 0.15) is 5.56 Å². The number of amides is 1. The lowest BCUT2D eigenvalue weighted by Gasteiger charge is -2.23. The molecule has 2 aromatic carbocycles. The van der Waals surface area contributed by atoms with Crippen LogP contribution in [-0.4, -0.2) is 20.5 Å². The maximum Gasteiger partial charge on any atom is 0.270 e. The Bertz CT molecular complexity index is 908. The quantitative estimate of drug-likeness (QED) is 0.910. The second-order valence-corrected chi connectivity index (χ2v) is 7.28. The number of carbonyl (C=O) groups excluding carboxylic acids is 1. The van der Waals surface area contributed by atoms with Gasteiger partial charge in [0.15, 0.2) is 5.54 Å². The zero-order valence-electron chi connectivity index (χ0n) is 12.4. The van der Waals surface area contributed by atoms with Crippen molar-refractivity contribution in [2.75, 3.05) is 0 Å². The van der Waals surface area contributed by atoms with E-state index in [1.54, 1.807) is 54.6 Å². The van der Waals surface area contributed by atoms with Gasteiger partial charge >= 0.3 is 0 Å². The number of halogens is 1. The summed E-state index contributed by atoms with van der Waals surface area (Å²) in [6.07, 6.45) is 4.61. The number of hydrogen-bond donors (Lipinski definition) is 1. The van der Waals surface area contributed by atoms with E-state index in [-0.39, 0.29) is 4.90 Å². The predicted octanol–water partition coefficient (Wildman–Crippen LogP) is 2.68. The third-order valence-corrected chi connectivity index (χ3v) is 5.21. The van der Waals surface area contributed by atoms with Gasteiger partial charge in [-0.3, -0.25) is 9.79 Å². The molecule has 0 spiro atoms. The highest BCUT2D eigenvalue weighted by molar-refractivity contribution is 7.90. The second kappa shape index (κ2) is 6.22. The predicted molar refractivity (Wildman–Crippen MR) is 92.5 cm³/mol. The lowest BCUT2D eigenvalue weighted by atomic mass is 9.90. The van der Waals surface area contributed by atoms with E-state index in [0.29, 0.717) is 10.6 Å². The first kappa shape index (κ1) is 16.4. The van der Waals surface area contributed by atoms with Crippen LogP contribution in [0, 0.1) is 0 Å². The molecule has 1 N–H and O–H groups in total. The summed E-state index contributed by atoms with van der Waals surface area (Å²) in [5.74, 6) is -0.751. The van der Waals surface area contributed by atoms with Crippen LogP contribution in [0.4, 0.5) is 0 Å². The minimum Gasteiger partial charge on any atom is -0.270 e. The number of carbonyl (C=O) groups is 1. The molecule has 5 nitrogen and oxygen atoms in total. The van der Waals surface area contributed by atoms with Gasteiger partial charge in [-0.25, -0.2) is 13.1 Å². The zero-order valence-corrected chi connectivity index (χ0v) is 14.0. The number of benzene rings is 2. The zero-order chi connectivity index (χ0) is 17.2. The molecule has 0 bridgehead atoms. The van der Waals surface area contributed by atoms with E-state index >= 15 is 0 Å². The molecule has 3 rings (SSSR count). The normalized spacial score (nSPS) is 19.4. The van der Waals surface area contributed by atoms with Gasteiger partial charge in [0.2, 0.25) is 0 Å². The summed E-state index contributed by atoms with van der Waals surface area (Å²) >= 11 is 5.88. The van der Waals surface area contributed by atoms with E-state index in [1.165, 1.54) is 18.3 Å². The average Bonchev–Trinajstić information content (AvgIpc) is 3.07. The van der Waals surface area contributed by atoms with Crippen molar-refractivity contribution in [3.8, 4) is 0 Å². The Morgan fingerprint density at radius 3 is 2.29 bits per heavy atom. The molecule has 0 radical (unpaired) electrons. The third-order valence-electron chi connectivity index (χ3n) is 3.61. The van der Waals surface area contributed by atoms with E-state index in [1.807, 2.05) is 0 Å². The smallest absolute Gasteiger partial charge is 0.270 e. The second-order valence-electron chi connectivity index (χ2n) is 5.16. The molecular formula is C17H13ClN2O3S. The Kier molecular flexibility index (Phi) is 4.26. The highest BCUT2D eigenvalue weighted by Gasteiger charge is 2.40. The molecule has 0 aliphatic carbocycles. The van der Waals surface area contributed by atoms with Crippen LogP contribution in [0.3, 0.4) is 0 Å². The number of hydrogen-bond acceptors (Lipinski definition) is 4. The van der Waals surface area contributed by atoms with Gasteiger partial charge in [-0.1, -0.05) is 41.9 Å². The van der Waals surface area contributed by atoms with Crippen molar-refractivity contribution in [3.63, 3.8) is 0 Å². The fraction of sp³-hybridized carbons (Fsp3) is 0.0588. The summed E-state index contributed by atoms with van der Waals surface area (Å²) in [5, 5.41) is 0.511. The first-order chi connectivity index (χ1) is 11.4. The van der Waals surface area contributed by atoms with E-state index in [4.69, 9.17) is 11.6 Å². The summed E-state index contributed by atoms with van der Waals surface area (Å²) in [4.78, 5) is 17.0. The van der Waals surface area contributed by atoms with Crippen molar-refractivity contribution < 1.29 is 13.2 Å². The van der Waals surface area contributed by atoms with Gasteiger partial charge in [0.25, 0.3) is 15.9 Å². The number of nitrogens with zero attached hydrogens (tertiary/aromatic N) is 1. The molecule has 7 heteroatoms.